The molecule has 0 bridgehead atoms. The molecule has 628 valence electrons. The van der Waals surface area contributed by atoms with Crippen molar-refractivity contribution in [3.8, 4) is 0 Å². The molecule has 0 saturated heterocycles. The smallest absolute Gasteiger partial charge is 0.308 e. The minimum Gasteiger partial charge on any atom is -0.461 e. The highest BCUT2D eigenvalue weighted by atomic mass is 16.6. The van der Waals surface area contributed by atoms with Gasteiger partial charge >= 0.3 is 23.9 Å². The Morgan fingerprint density at radius 2 is 0.553 bits per heavy atom. The predicted molar refractivity (Wildman–Crippen MR) is 417 cm³/mol. The fourth-order valence-electron chi connectivity index (χ4n) is 9.70. The van der Waals surface area contributed by atoms with Crippen molar-refractivity contribution in [1.29, 1.82) is 0 Å². The number of carbonyl (C=O) groups is 12. The highest BCUT2D eigenvalue weighted by Gasteiger charge is 2.26. The van der Waals surface area contributed by atoms with E-state index in [4.69, 9.17) is 67.9 Å². The fraction of sp³-hybridized carbons (Fsp3) is 0.550. The Hall–Kier alpha value is -10.4. The monoisotopic (exact) mass is 1600 g/mol. The molecule has 0 saturated carbocycles. The molecule has 0 spiro atoms. The zero-order valence-corrected chi connectivity index (χ0v) is 66.4. The molecule has 34 heteroatoms. The van der Waals surface area contributed by atoms with E-state index in [9.17, 15) is 57.5 Å². The van der Waals surface area contributed by atoms with Gasteiger partial charge in [0.15, 0.2) is 23.1 Å². The molecule has 4 N–H and O–H groups in total. The molecule has 4 aromatic rings. The van der Waals surface area contributed by atoms with Gasteiger partial charge in [-0.25, -0.2) is 0 Å². The zero-order chi connectivity index (χ0) is 83.9. The SMILES string of the molecule is CC(=O)N[C@@H](CC(=O)OCc1ccccc1)C(=O)CCCOCCOCCN=[N+]=[N-].CC(=O)N[C@@H](CCC(=O)OCc1ccccc1)C(=O)CCCOCCOCCN=[N+]=[N-].COCCOCCCC(=O)[C@H](CC(=O)OCc1ccccc1)NC(C)=O.COCCOCCCC(=O)[C@H](CCC(=O)OCc1ccccc1)NC(C)=O. The first kappa shape index (κ1) is 102. The number of benzene rings is 4. The standard InChI is InChI=1S/C21H30N4O6.C20H28N4O6.C20H29NO6.C19H27NO6/c1-17(26)24-19(9-10-21(28)31-16-18-6-3-2-4-7-18)20(27)8-5-12-29-14-15-30-13-11-23-25-22;1-16(25)23-18(14-20(27)30-15-17-6-3-2-4-7-17)19(26)8-5-10-28-12-13-29-11-9-22-24-21;1-16(22)21-18(19(23)9-6-12-26-14-13-25-2)10-11-20(24)27-15-17-7-4-3-5-8-17;1-15(21)20-17(18(22)9-6-10-25-12-11-24-2)13-19(23)26-14-16-7-4-3-5-8-16/h2-4,6-7,19H,5,8-16H2,1H3,(H,24,26);2-4,6-7,18H,5,8-15H2,1H3,(H,23,25);3-5,7-8,18H,6,9-15H2,1-2H3,(H,21,22);3-5,7-8,17H,6,9-14H2,1-2H3,(H,20,21)/t19-;2*18-;17-/m0000/s1. The Morgan fingerprint density at radius 3 is 0.807 bits per heavy atom. The van der Waals surface area contributed by atoms with Crippen LogP contribution in [0.5, 0.6) is 0 Å². The maximum absolute atomic E-state index is 12.4. The Morgan fingerprint density at radius 1 is 0.316 bits per heavy atom. The number of ketones is 4. The van der Waals surface area contributed by atoms with Gasteiger partial charge in [-0.1, -0.05) is 132 Å². The number of ether oxygens (including phenoxy) is 12. The van der Waals surface area contributed by atoms with Crippen molar-refractivity contribution in [3.63, 3.8) is 0 Å². The van der Waals surface area contributed by atoms with Gasteiger partial charge < -0.3 is 78.1 Å². The highest BCUT2D eigenvalue weighted by Crippen LogP contribution is 2.13. The maximum atomic E-state index is 12.4. The van der Waals surface area contributed by atoms with Gasteiger partial charge in [-0.05, 0) is 71.8 Å². The lowest BCUT2D eigenvalue weighted by Crippen LogP contribution is -2.41. The van der Waals surface area contributed by atoms with E-state index >= 15 is 0 Å². The Balaban J connectivity index is 0.000000762. The van der Waals surface area contributed by atoms with Gasteiger partial charge in [-0.15, -0.1) is 0 Å². The first-order valence-electron chi connectivity index (χ1n) is 37.5. The molecule has 0 heterocycles. The van der Waals surface area contributed by atoms with Crippen LogP contribution >= 0.6 is 0 Å². The number of nitrogens with one attached hydrogen (secondary N) is 4. The highest BCUT2D eigenvalue weighted by molar-refractivity contribution is 5.93. The van der Waals surface area contributed by atoms with Gasteiger partial charge in [0.2, 0.25) is 23.6 Å². The summed E-state index contributed by atoms with van der Waals surface area (Å²) < 4.78 is 62.3. The van der Waals surface area contributed by atoms with E-state index in [0.29, 0.717) is 118 Å². The lowest BCUT2D eigenvalue weighted by molar-refractivity contribution is -0.147. The van der Waals surface area contributed by atoms with Crippen LogP contribution in [0.4, 0.5) is 0 Å². The molecule has 4 aromatic carbocycles. The van der Waals surface area contributed by atoms with Crippen LogP contribution in [0.3, 0.4) is 0 Å². The number of amides is 4. The third kappa shape index (κ3) is 59.4. The molecule has 0 aliphatic rings. The number of nitrogens with zero attached hydrogens (tertiary/aromatic N) is 6. The maximum Gasteiger partial charge on any atom is 0.308 e. The van der Waals surface area contributed by atoms with E-state index in [1.54, 1.807) is 14.2 Å². The molecule has 114 heavy (non-hydrogen) atoms. The summed E-state index contributed by atoms with van der Waals surface area (Å²) >= 11 is 0. The van der Waals surface area contributed by atoms with Crippen molar-refractivity contribution in [2.45, 2.75) is 168 Å². The summed E-state index contributed by atoms with van der Waals surface area (Å²) in [5, 5.41) is 16.9. The van der Waals surface area contributed by atoms with Crippen LogP contribution in [0, 0.1) is 0 Å². The van der Waals surface area contributed by atoms with Crippen LogP contribution in [-0.2, 0) is 141 Å². The molecule has 0 aliphatic carbocycles. The number of methoxy groups -OCH3 is 2. The minimum absolute atomic E-state index is 0.0349. The quantitative estimate of drug-likeness (QED) is 0.00801. The van der Waals surface area contributed by atoms with Crippen LogP contribution in [0.25, 0.3) is 20.9 Å². The molecule has 0 aliphatic heterocycles. The molecule has 4 rings (SSSR count). The van der Waals surface area contributed by atoms with Crippen molar-refractivity contribution >= 4 is 70.6 Å². The minimum atomic E-state index is -0.921. The summed E-state index contributed by atoms with van der Waals surface area (Å²) in [4.78, 5) is 148. The molecule has 4 amide bonds. The Labute approximate surface area is 666 Å². The van der Waals surface area contributed by atoms with E-state index in [2.05, 4.69) is 41.3 Å². The lowest BCUT2D eigenvalue weighted by Gasteiger charge is -2.16. The van der Waals surface area contributed by atoms with Gasteiger partial charge in [0, 0.05) is 130 Å². The molecule has 4 atom stereocenters. The molecule has 0 unspecified atom stereocenters. The first-order chi connectivity index (χ1) is 55.1. The molecular formula is C80H114N10O24. The van der Waals surface area contributed by atoms with Crippen LogP contribution in [0.2, 0.25) is 0 Å². The van der Waals surface area contributed by atoms with Gasteiger partial charge in [0.25, 0.3) is 0 Å². The van der Waals surface area contributed by atoms with E-state index in [1.807, 2.05) is 121 Å². The van der Waals surface area contributed by atoms with Crippen LogP contribution in [-0.4, -0.2) is 215 Å². The Kier molecular flexibility index (Phi) is 61.8. The third-order valence-electron chi connectivity index (χ3n) is 15.3. The van der Waals surface area contributed by atoms with Crippen molar-refractivity contribution in [2.75, 3.05) is 120 Å². The number of hydrogen-bond acceptors (Lipinski definition) is 26. The molecule has 0 aromatic heterocycles. The van der Waals surface area contributed by atoms with E-state index in [-0.39, 0.29) is 145 Å². The summed E-state index contributed by atoms with van der Waals surface area (Å²) in [7, 11) is 3.18. The number of hydrogen-bond donors (Lipinski definition) is 4. The van der Waals surface area contributed by atoms with E-state index in [1.165, 1.54) is 27.7 Å². The van der Waals surface area contributed by atoms with Crippen LogP contribution in [0.15, 0.2) is 132 Å². The summed E-state index contributed by atoms with van der Waals surface area (Å²) in [5.74, 6) is -4.03. The van der Waals surface area contributed by atoms with Crippen molar-refractivity contribution < 1.29 is 114 Å². The summed E-state index contributed by atoms with van der Waals surface area (Å²) in [5.41, 5.74) is 19.7. The van der Waals surface area contributed by atoms with Gasteiger partial charge in [0.1, 0.15) is 26.4 Å². The van der Waals surface area contributed by atoms with E-state index < -0.39 is 54.0 Å². The van der Waals surface area contributed by atoms with Crippen molar-refractivity contribution in [2.24, 2.45) is 10.2 Å². The van der Waals surface area contributed by atoms with Crippen LogP contribution < -0.4 is 21.3 Å². The average Bonchev–Trinajstić information content (AvgIpc) is 0.911. The summed E-state index contributed by atoms with van der Waals surface area (Å²) in [6.45, 7) is 12.1. The number of esters is 4. The van der Waals surface area contributed by atoms with Gasteiger partial charge in [0.05, 0.1) is 103 Å². The lowest BCUT2D eigenvalue weighted by atomic mass is 10.0. The molecule has 34 nitrogen and oxygen atoms in total. The second-order valence-electron chi connectivity index (χ2n) is 24.9. The predicted octanol–water partition coefficient (Wildman–Crippen LogP) is 8.69. The molecular weight excluding hydrogens is 1480 g/mol. The second kappa shape index (κ2) is 69.3. The first-order valence-corrected chi connectivity index (χ1v) is 37.5. The van der Waals surface area contributed by atoms with Crippen molar-refractivity contribution in [1.82, 2.24) is 21.3 Å². The van der Waals surface area contributed by atoms with E-state index in [0.717, 1.165) is 22.3 Å². The normalized spacial score (nSPS) is 11.4. The number of azide groups is 2. The third-order valence-corrected chi connectivity index (χ3v) is 15.3. The molecule has 0 fully saturated rings. The second-order valence-corrected chi connectivity index (χ2v) is 24.9. The fourth-order valence-corrected chi connectivity index (χ4v) is 9.70. The van der Waals surface area contributed by atoms with Gasteiger partial charge in [-0.2, -0.15) is 0 Å². The number of rotatable bonds is 60. The topological polar surface area (TPSA) is 461 Å². The zero-order valence-electron chi connectivity index (χ0n) is 66.4. The number of carbonyl (C=O) groups excluding carboxylic acids is 12. The Bertz CT molecular complexity index is 3460. The van der Waals surface area contributed by atoms with Crippen LogP contribution in [0.1, 0.15) is 140 Å². The largest absolute Gasteiger partial charge is 0.461 e. The molecule has 0 radical (unpaired) electrons. The summed E-state index contributed by atoms with van der Waals surface area (Å²) in [6.07, 6.45) is 2.98. The summed E-state index contributed by atoms with van der Waals surface area (Å²) in [6, 6.07) is 33.9. The average molecular weight is 1600 g/mol. The van der Waals surface area contributed by atoms with Gasteiger partial charge in [-0.3, -0.25) is 57.5 Å². The van der Waals surface area contributed by atoms with Crippen molar-refractivity contribution in [3.05, 3.63) is 164 Å². The number of Topliss-reactive ketones (excluding diaryl/α,β-unsaturated/α-hetero) is 4.